The summed E-state index contributed by atoms with van der Waals surface area (Å²) in [7, 11) is 0. The molecule has 1 aliphatic carbocycles. The Morgan fingerprint density at radius 3 is 2.55 bits per heavy atom. The van der Waals surface area contributed by atoms with Crippen LogP contribution in [-0.2, 0) is 0 Å². The smallest absolute Gasteiger partial charge is 0.254 e. The van der Waals surface area contributed by atoms with Crippen molar-refractivity contribution in [2.45, 2.75) is 37.6 Å². The topological polar surface area (TPSA) is 41.1 Å². The molecule has 0 bridgehead atoms. The average Bonchev–Trinajstić information content (AvgIpc) is 3.24. The first-order valence-corrected chi connectivity index (χ1v) is 7.05. The van der Waals surface area contributed by atoms with Crippen molar-refractivity contribution in [3.63, 3.8) is 0 Å². The number of piperidine rings is 1. The molecule has 0 spiro atoms. The molecule has 110 valence electrons. The molecule has 2 N–H and O–H groups in total. The van der Waals surface area contributed by atoms with Crippen molar-refractivity contribution in [1.29, 1.82) is 0 Å². The maximum Gasteiger partial charge on any atom is 0.254 e. The Hall–Kier alpha value is -1.13. The van der Waals surface area contributed by atoms with E-state index in [0.717, 1.165) is 38.8 Å². The Bertz CT molecular complexity index is 485. The first kappa shape index (κ1) is 15.3. The molecule has 3 nitrogen and oxygen atoms in total. The Balaban J connectivity index is 0.00000147. The largest absolute Gasteiger partial charge is 0.349 e. The van der Waals surface area contributed by atoms with Gasteiger partial charge in [0.25, 0.3) is 5.91 Å². The number of hydrogen-bond donors (Lipinski definition) is 2. The number of hydrogen-bond acceptors (Lipinski definition) is 2. The molecular weight excluding hydrogens is 279 g/mol. The molecule has 1 aromatic rings. The zero-order valence-electron chi connectivity index (χ0n) is 11.3. The van der Waals surface area contributed by atoms with E-state index in [1.54, 1.807) is 12.1 Å². The molecule has 1 heterocycles. The molecule has 1 saturated carbocycles. The van der Waals surface area contributed by atoms with Crippen LogP contribution in [0.5, 0.6) is 0 Å². The predicted molar refractivity (Wildman–Crippen MR) is 79.0 cm³/mol. The minimum atomic E-state index is -0.326. The molecule has 1 aliphatic heterocycles. The molecule has 2 fully saturated rings. The van der Waals surface area contributed by atoms with Gasteiger partial charge in [0.15, 0.2) is 0 Å². The first-order chi connectivity index (χ1) is 9.25. The van der Waals surface area contributed by atoms with Crippen LogP contribution in [0.3, 0.4) is 0 Å². The van der Waals surface area contributed by atoms with Crippen LogP contribution < -0.4 is 10.6 Å². The fraction of sp³-hybridized carbons (Fsp3) is 0.533. The van der Waals surface area contributed by atoms with E-state index in [1.165, 1.54) is 0 Å². The van der Waals surface area contributed by atoms with Crippen LogP contribution >= 0.6 is 12.4 Å². The van der Waals surface area contributed by atoms with Crippen molar-refractivity contribution >= 4 is 18.3 Å². The Morgan fingerprint density at radius 1 is 1.20 bits per heavy atom. The van der Waals surface area contributed by atoms with Crippen molar-refractivity contribution in [3.05, 3.63) is 35.1 Å². The summed E-state index contributed by atoms with van der Waals surface area (Å²) < 4.78 is 14.5. The fourth-order valence-electron chi connectivity index (χ4n) is 2.66. The summed E-state index contributed by atoms with van der Waals surface area (Å²) in [5, 5.41) is 6.12. The van der Waals surface area contributed by atoms with Crippen molar-refractivity contribution < 1.29 is 9.18 Å². The van der Waals surface area contributed by atoms with Crippen molar-refractivity contribution in [1.82, 2.24) is 10.6 Å². The highest BCUT2D eigenvalue weighted by Gasteiger charge is 2.27. The van der Waals surface area contributed by atoms with E-state index in [2.05, 4.69) is 10.6 Å². The number of carbonyl (C=O) groups excluding carboxylic acids is 1. The van der Waals surface area contributed by atoms with Crippen LogP contribution in [0.2, 0.25) is 0 Å². The molecule has 1 amide bonds. The van der Waals surface area contributed by atoms with Gasteiger partial charge in [0.1, 0.15) is 5.82 Å². The quantitative estimate of drug-likeness (QED) is 0.900. The van der Waals surface area contributed by atoms with Crippen LogP contribution in [0.4, 0.5) is 4.39 Å². The molecule has 0 aromatic heterocycles. The van der Waals surface area contributed by atoms with E-state index in [1.807, 2.05) is 6.07 Å². The van der Waals surface area contributed by atoms with Crippen LogP contribution in [0, 0.1) is 5.82 Å². The molecule has 1 saturated heterocycles. The summed E-state index contributed by atoms with van der Waals surface area (Å²) in [4.78, 5) is 12.0. The molecule has 0 unspecified atom stereocenters. The molecule has 3 rings (SSSR count). The third-order valence-corrected chi connectivity index (χ3v) is 3.96. The number of rotatable bonds is 3. The average molecular weight is 299 g/mol. The molecule has 0 atom stereocenters. The van der Waals surface area contributed by atoms with E-state index in [9.17, 15) is 9.18 Å². The summed E-state index contributed by atoms with van der Waals surface area (Å²) in [6.07, 6.45) is 3.90. The lowest BCUT2D eigenvalue weighted by molar-refractivity contribution is 0.0946. The number of nitrogens with one attached hydrogen (secondary N) is 2. The maximum absolute atomic E-state index is 14.5. The summed E-state index contributed by atoms with van der Waals surface area (Å²) >= 11 is 0. The minimum Gasteiger partial charge on any atom is -0.349 e. The fourth-order valence-corrected chi connectivity index (χ4v) is 2.66. The van der Waals surface area contributed by atoms with Gasteiger partial charge in [0.05, 0.1) is 5.56 Å². The van der Waals surface area contributed by atoms with Gasteiger partial charge in [0, 0.05) is 6.04 Å². The van der Waals surface area contributed by atoms with Crippen LogP contribution in [0.15, 0.2) is 18.2 Å². The first-order valence-electron chi connectivity index (χ1n) is 7.05. The molecular formula is C15H20ClFN2O. The van der Waals surface area contributed by atoms with Gasteiger partial charge in [0.2, 0.25) is 0 Å². The lowest BCUT2D eigenvalue weighted by Crippen LogP contribution is -2.29. The Labute approximate surface area is 124 Å². The minimum absolute atomic E-state index is 0. The number of carbonyl (C=O) groups is 1. The van der Waals surface area contributed by atoms with Gasteiger partial charge in [-0.25, -0.2) is 4.39 Å². The van der Waals surface area contributed by atoms with Crippen molar-refractivity contribution in [2.75, 3.05) is 13.1 Å². The van der Waals surface area contributed by atoms with Gasteiger partial charge in [-0.3, -0.25) is 4.79 Å². The molecule has 1 aromatic carbocycles. The van der Waals surface area contributed by atoms with E-state index in [4.69, 9.17) is 0 Å². The Kier molecular flexibility index (Phi) is 5.00. The van der Waals surface area contributed by atoms with E-state index < -0.39 is 0 Å². The SMILES string of the molecule is Cl.O=C(NC1CC1)c1cccc(C2CCNCC2)c1F. The number of amides is 1. The molecule has 20 heavy (non-hydrogen) atoms. The lowest BCUT2D eigenvalue weighted by atomic mass is 9.88. The monoisotopic (exact) mass is 298 g/mol. The second-order valence-corrected chi connectivity index (χ2v) is 5.48. The van der Waals surface area contributed by atoms with Crippen LogP contribution in [0.25, 0.3) is 0 Å². The molecule has 2 aliphatic rings. The predicted octanol–water partition coefficient (Wildman–Crippen LogP) is 2.61. The van der Waals surface area contributed by atoms with Gasteiger partial charge in [-0.2, -0.15) is 0 Å². The highest BCUT2D eigenvalue weighted by molar-refractivity contribution is 5.95. The van der Waals surface area contributed by atoms with Gasteiger partial charge in [-0.1, -0.05) is 12.1 Å². The third-order valence-electron chi connectivity index (χ3n) is 3.96. The van der Waals surface area contributed by atoms with Gasteiger partial charge < -0.3 is 10.6 Å². The maximum atomic E-state index is 14.5. The molecule has 0 radical (unpaired) electrons. The Morgan fingerprint density at radius 2 is 1.90 bits per heavy atom. The van der Waals surface area contributed by atoms with Crippen LogP contribution in [-0.4, -0.2) is 25.0 Å². The van der Waals surface area contributed by atoms with Gasteiger partial charge in [-0.05, 0) is 56.3 Å². The van der Waals surface area contributed by atoms with Gasteiger partial charge in [-0.15, -0.1) is 12.4 Å². The zero-order valence-corrected chi connectivity index (χ0v) is 12.1. The van der Waals surface area contributed by atoms with Crippen molar-refractivity contribution in [3.8, 4) is 0 Å². The second-order valence-electron chi connectivity index (χ2n) is 5.48. The summed E-state index contributed by atoms with van der Waals surface area (Å²) in [6.45, 7) is 1.84. The zero-order chi connectivity index (χ0) is 13.2. The van der Waals surface area contributed by atoms with E-state index in [-0.39, 0.29) is 41.7 Å². The standard InChI is InChI=1S/C15H19FN2O.ClH/c16-14-12(10-6-8-17-9-7-10)2-1-3-13(14)15(19)18-11-4-5-11;/h1-3,10-11,17H,4-9H2,(H,18,19);1H. The third kappa shape index (κ3) is 3.30. The van der Waals surface area contributed by atoms with E-state index in [0.29, 0.717) is 5.56 Å². The lowest BCUT2D eigenvalue weighted by Gasteiger charge is -2.24. The summed E-state index contributed by atoms with van der Waals surface area (Å²) in [6, 6.07) is 5.45. The van der Waals surface area contributed by atoms with Crippen LogP contribution in [0.1, 0.15) is 47.5 Å². The second kappa shape index (κ2) is 6.55. The van der Waals surface area contributed by atoms with E-state index >= 15 is 0 Å². The highest BCUT2D eigenvalue weighted by Crippen LogP contribution is 2.29. The summed E-state index contributed by atoms with van der Waals surface area (Å²) in [5.74, 6) is -0.363. The number of benzene rings is 1. The van der Waals surface area contributed by atoms with Crippen molar-refractivity contribution in [2.24, 2.45) is 0 Å². The van der Waals surface area contributed by atoms with Gasteiger partial charge >= 0.3 is 0 Å². The number of halogens is 2. The summed E-state index contributed by atoms with van der Waals surface area (Å²) in [5.41, 5.74) is 0.896. The normalized spacial score (nSPS) is 19.2. The highest BCUT2D eigenvalue weighted by atomic mass is 35.5. The molecule has 5 heteroatoms.